The number of nitriles is 1. The highest BCUT2D eigenvalue weighted by Crippen LogP contribution is 2.16. The van der Waals surface area contributed by atoms with Crippen LogP contribution in [0.5, 0.6) is 0 Å². The summed E-state index contributed by atoms with van der Waals surface area (Å²) in [4.78, 5) is 20.2. The molecule has 0 unspecified atom stereocenters. The molecule has 0 bridgehead atoms. The minimum atomic E-state index is -0.394. The van der Waals surface area contributed by atoms with Crippen LogP contribution in [0.4, 0.5) is 10.1 Å². The number of carbonyl (C=O) groups excluding carboxylic acids is 1. The Labute approximate surface area is 179 Å². The molecule has 0 saturated carbocycles. The minimum Gasteiger partial charge on any atom is -0.352 e. The van der Waals surface area contributed by atoms with Gasteiger partial charge < -0.3 is 15.1 Å². The Balaban J connectivity index is 0.00000280. The molecule has 2 heterocycles. The number of benzene rings is 1. The minimum absolute atomic E-state index is 0. The van der Waals surface area contributed by atoms with Crippen LogP contribution >= 0.6 is 24.0 Å². The van der Waals surface area contributed by atoms with E-state index in [0.29, 0.717) is 30.2 Å². The molecule has 1 fully saturated rings. The summed E-state index contributed by atoms with van der Waals surface area (Å²) in [5.41, 5.74) is 1.53. The highest BCUT2D eigenvalue weighted by Gasteiger charge is 2.27. The number of piperazine rings is 1. The van der Waals surface area contributed by atoms with E-state index < -0.39 is 5.82 Å². The van der Waals surface area contributed by atoms with Crippen LogP contribution in [0.3, 0.4) is 0 Å². The lowest BCUT2D eigenvalue weighted by Crippen LogP contribution is -2.55. The van der Waals surface area contributed by atoms with Crippen LogP contribution in [-0.4, -0.2) is 53.2 Å². The highest BCUT2D eigenvalue weighted by molar-refractivity contribution is 14.0. The van der Waals surface area contributed by atoms with Gasteiger partial charge >= 0.3 is 0 Å². The summed E-state index contributed by atoms with van der Waals surface area (Å²) in [6.45, 7) is 1.42. The van der Waals surface area contributed by atoms with E-state index in [-0.39, 0.29) is 43.0 Å². The highest BCUT2D eigenvalue weighted by atomic mass is 127. The van der Waals surface area contributed by atoms with Crippen molar-refractivity contribution in [2.24, 2.45) is 12.0 Å². The number of hydrogen-bond donors (Lipinski definition) is 1. The second-order valence-corrected chi connectivity index (χ2v) is 6.16. The molecular formula is C18H21FIN7O. The third-order valence-corrected chi connectivity index (χ3v) is 4.35. The van der Waals surface area contributed by atoms with E-state index >= 15 is 0 Å². The summed E-state index contributed by atoms with van der Waals surface area (Å²) in [5, 5.41) is 16.1. The largest absolute Gasteiger partial charge is 0.352 e. The van der Waals surface area contributed by atoms with Gasteiger partial charge in [-0.05, 0) is 18.2 Å². The molecular weight excluding hydrogens is 476 g/mol. The standard InChI is InChI=1S/C18H20FN7O.HI/c1-21-18(22-9-14-7-13(8-20)3-4-16(14)19)25-5-6-26(17(27)12-25)15-10-23-24(2)11-15;/h3-4,7,10-11H,5-6,9,12H2,1-2H3,(H,21,22);1H. The molecule has 2 aromatic rings. The molecule has 0 radical (unpaired) electrons. The van der Waals surface area contributed by atoms with Crippen molar-refractivity contribution in [1.29, 1.82) is 5.26 Å². The number of hydrogen-bond acceptors (Lipinski definition) is 4. The fourth-order valence-electron chi connectivity index (χ4n) is 2.96. The smallest absolute Gasteiger partial charge is 0.246 e. The number of aromatic nitrogens is 2. The maximum absolute atomic E-state index is 13.9. The zero-order valence-corrected chi connectivity index (χ0v) is 17.9. The predicted octanol–water partition coefficient (Wildman–Crippen LogP) is 1.47. The van der Waals surface area contributed by atoms with Crippen LogP contribution in [-0.2, 0) is 18.4 Å². The van der Waals surface area contributed by atoms with Crippen molar-refractivity contribution in [2.45, 2.75) is 6.54 Å². The Hall–Kier alpha value is -2.68. The van der Waals surface area contributed by atoms with Gasteiger partial charge in [0.05, 0.1) is 23.5 Å². The molecule has 0 spiro atoms. The molecule has 1 amide bonds. The molecule has 1 aromatic heterocycles. The monoisotopic (exact) mass is 497 g/mol. The number of halogens is 2. The fourth-order valence-corrected chi connectivity index (χ4v) is 2.96. The van der Waals surface area contributed by atoms with Crippen molar-refractivity contribution in [3.8, 4) is 6.07 Å². The predicted molar refractivity (Wildman–Crippen MR) is 114 cm³/mol. The van der Waals surface area contributed by atoms with Crippen molar-refractivity contribution >= 4 is 41.5 Å². The van der Waals surface area contributed by atoms with Crippen molar-refractivity contribution in [2.75, 3.05) is 31.6 Å². The zero-order valence-electron chi connectivity index (χ0n) is 15.6. The first-order valence-corrected chi connectivity index (χ1v) is 8.45. The Morgan fingerprint density at radius 1 is 1.43 bits per heavy atom. The molecule has 148 valence electrons. The van der Waals surface area contributed by atoms with E-state index in [0.717, 1.165) is 5.69 Å². The number of rotatable bonds is 3. The quantitative estimate of drug-likeness (QED) is 0.394. The first kappa shape index (κ1) is 21.6. The van der Waals surface area contributed by atoms with E-state index in [9.17, 15) is 9.18 Å². The van der Waals surface area contributed by atoms with Gasteiger partial charge in [-0.15, -0.1) is 24.0 Å². The molecule has 8 nitrogen and oxygen atoms in total. The summed E-state index contributed by atoms with van der Waals surface area (Å²) < 4.78 is 15.6. The van der Waals surface area contributed by atoms with Crippen LogP contribution in [0.2, 0.25) is 0 Å². The topological polar surface area (TPSA) is 89.6 Å². The number of anilines is 1. The Morgan fingerprint density at radius 2 is 2.21 bits per heavy atom. The average molecular weight is 497 g/mol. The van der Waals surface area contributed by atoms with Gasteiger partial charge in [-0.25, -0.2) is 4.39 Å². The maximum atomic E-state index is 13.9. The van der Waals surface area contributed by atoms with Crippen LogP contribution in [0.25, 0.3) is 0 Å². The van der Waals surface area contributed by atoms with Gasteiger partial charge in [-0.1, -0.05) is 0 Å². The number of guanidine groups is 1. The van der Waals surface area contributed by atoms with Crippen LogP contribution in [0.15, 0.2) is 35.6 Å². The lowest BCUT2D eigenvalue weighted by atomic mass is 10.1. The van der Waals surface area contributed by atoms with Gasteiger partial charge in [0.15, 0.2) is 5.96 Å². The molecule has 10 heteroatoms. The first-order chi connectivity index (χ1) is 13.0. The number of aliphatic imine (C=N–C) groups is 1. The zero-order chi connectivity index (χ0) is 19.4. The second kappa shape index (κ2) is 9.50. The third-order valence-electron chi connectivity index (χ3n) is 4.35. The van der Waals surface area contributed by atoms with Gasteiger partial charge in [0.25, 0.3) is 0 Å². The maximum Gasteiger partial charge on any atom is 0.246 e. The number of carbonyl (C=O) groups is 1. The van der Waals surface area contributed by atoms with E-state index in [1.807, 2.05) is 11.0 Å². The first-order valence-electron chi connectivity index (χ1n) is 8.45. The van der Waals surface area contributed by atoms with Crippen molar-refractivity contribution < 1.29 is 9.18 Å². The summed E-state index contributed by atoms with van der Waals surface area (Å²) in [6, 6.07) is 6.20. The number of aryl methyl sites for hydroxylation is 1. The Kier molecular flexibility index (Phi) is 7.33. The van der Waals surface area contributed by atoms with Gasteiger partial charge in [0.2, 0.25) is 5.91 Å². The fraction of sp³-hybridized carbons (Fsp3) is 0.333. The van der Waals surface area contributed by atoms with Crippen molar-refractivity contribution in [3.05, 3.63) is 47.5 Å². The molecule has 0 aliphatic carbocycles. The molecule has 1 aromatic carbocycles. The van der Waals surface area contributed by atoms with Crippen LogP contribution in [0, 0.1) is 17.1 Å². The molecule has 28 heavy (non-hydrogen) atoms. The van der Waals surface area contributed by atoms with Crippen molar-refractivity contribution in [1.82, 2.24) is 20.0 Å². The van der Waals surface area contributed by atoms with Gasteiger partial charge in [0.1, 0.15) is 12.4 Å². The Morgan fingerprint density at radius 3 is 2.82 bits per heavy atom. The van der Waals surface area contributed by atoms with Gasteiger partial charge in [-0.2, -0.15) is 10.4 Å². The summed E-state index contributed by atoms with van der Waals surface area (Å²) >= 11 is 0. The SMILES string of the molecule is CN=C(NCc1cc(C#N)ccc1F)N1CCN(c2cnn(C)c2)C(=O)C1.I. The van der Waals surface area contributed by atoms with E-state index in [4.69, 9.17) is 5.26 Å². The van der Waals surface area contributed by atoms with Crippen LogP contribution in [0.1, 0.15) is 11.1 Å². The number of nitrogens with zero attached hydrogens (tertiary/aromatic N) is 6. The van der Waals surface area contributed by atoms with E-state index in [1.165, 1.54) is 18.2 Å². The van der Waals surface area contributed by atoms with Crippen molar-refractivity contribution in [3.63, 3.8) is 0 Å². The summed E-state index contributed by atoms with van der Waals surface area (Å²) in [6.07, 6.45) is 3.46. The summed E-state index contributed by atoms with van der Waals surface area (Å²) in [7, 11) is 3.42. The molecule has 3 rings (SSSR count). The average Bonchev–Trinajstić information content (AvgIpc) is 3.09. The molecule has 1 N–H and O–H groups in total. The number of nitrogens with one attached hydrogen (secondary N) is 1. The van der Waals surface area contributed by atoms with Gasteiger partial charge in [0, 0.05) is 45.5 Å². The molecule has 1 saturated heterocycles. The van der Waals surface area contributed by atoms with E-state index in [2.05, 4.69) is 15.4 Å². The molecule has 0 atom stereocenters. The molecule has 1 aliphatic rings. The van der Waals surface area contributed by atoms with E-state index in [1.54, 1.807) is 36.1 Å². The molecule has 1 aliphatic heterocycles. The lowest BCUT2D eigenvalue weighted by Gasteiger charge is -2.35. The second-order valence-electron chi connectivity index (χ2n) is 6.16. The Bertz CT molecular complexity index is 921. The number of amides is 1. The summed E-state index contributed by atoms with van der Waals surface area (Å²) in [5.74, 6) is 0.0558. The lowest BCUT2D eigenvalue weighted by molar-refractivity contribution is -0.120. The van der Waals surface area contributed by atoms with Crippen LogP contribution < -0.4 is 10.2 Å². The normalized spacial score (nSPS) is 14.5. The third kappa shape index (κ3) is 4.78. The van der Waals surface area contributed by atoms with Gasteiger partial charge in [-0.3, -0.25) is 14.5 Å².